The number of para-hydroxylation sites is 1. The van der Waals surface area contributed by atoms with Crippen LogP contribution in [0.15, 0.2) is 54.6 Å². The molecular formula is C23H29NO2. The molecule has 4 rings (SSSR count). The van der Waals surface area contributed by atoms with Gasteiger partial charge in [0.25, 0.3) is 0 Å². The van der Waals surface area contributed by atoms with Crippen molar-refractivity contribution in [3.05, 3.63) is 65.7 Å². The molecule has 26 heavy (non-hydrogen) atoms. The Morgan fingerprint density at radius 3 is 2.46 bits per heavy atom. The molecule has 0 amide bonds. The number of nitrogens with one attached hydrogen (secondary N) is 1. The number of hydrogen-bond donors (Lipinski definition) is 1. The van der Waals surface area contributed by atoms with E-state index in [1.54, 1.807) is 0 Å². The molecule has 1 N–H and O–H groups in total. The highest BCUT2D eigenvalue weighted by atomic mass is 16.5. The standard InChI is InChI=1S/C23H29NO2/c1-3-9-18(10-4-1)20-13-7-8-14-21(20)26-23(19-11-5-2-6-12-19)22-17-24-15-16-25-22/h2,5-8,11-14,18,22-24H,1,3-4,9-10,15-17H2/t22?,23-/m0/s1. The van der Waals surface area contributed by atoms with Gasteiger partial charge in [-0.3, -0.25) is 0 Å². The summed E-state index contributed by atoms with van der Waals surface area (Å²) in [7, 11) is 0. The highest BCUT2D eigenvalue weighted by molar-refractivity contribution is 5.37. The second-order valence-corrected chi connectivity index (χ2v) is 7.44. The van der Waals surface area contributed by atoms with Crippen molar-refractivity contribution in [3.63, 3.8) is 0 Å². The van der Waals surface area contributed by atoms with E-state index in [9.17, 15) is 0 Å². The molecule has 2 atom stereocenters. The van der Waals surface area contributed by atoms with Crippen LogP contribution in [0.2, 0.25) is 0 Å². The normalized spacial score (nSPS) is 22.7. The van der Waals surface area contributed by atoms with Crippen LogP contribution < -0.4 is 10.1 Å². The summed E-state index contributed by atoms with van der Waals surface area (Å²) in [5.41, 5.74) is 2.55. The summed E-state index contributed by atoms with van der Waals surface area (Å²) in [6, 6.07) is 19.1. The second kappa shape index (κ2) is 8.70. The molecule has 1 heterocycles. The van der Waals surface area contributed by atoms with E-state index in [1.807, 2.05) is 0 Å². The second-order valence-electron chi connectivity index (χ2n) is 7.44. The zero-order valence-corrected chi connectivity index (χ0v) is 15.4. The number of ether oxygens (including phenoxy) is 2. The maximum atomic E-state index is 6.66. The Morgan fingerprint density at radius 1 is 0.923 bits per heavy atom. The lowest BCUT2D eigenvalue weighted by atomic mass is 9.83. The van der Waals surface area contributed by atoms with Crippen molar-refractivity contribution in [2.45, 2.75) is 50.2 Å². The van der Waals surface area contributed by atoms with Crippen LogP contribution in [0.3, 0.4) is 0 Å². The lowest BCUT2D eigenvalue weighted by Gasteiger charge is -2.33. The van der Waals surface area contributed by atoms with Gasteiger partial charge >= 0.3 is 0 Å². The molecule has 138 valence electrons. The Hall–Kier alpha value is -1.84. The monoisotopic (exact) mass is 351 g/mol. The molecule has 1 aliphatic carbocycles. The molecule has 2 aliphatic rings. The summed E-state index contributed by atoms with van der Waals surface area (Å²) in [5.74, 6) is 1.66. The van der Waals surface area contributed by atoms with Crippen molar-refractivity contribution >= 4 is 0 Å². The molecule has 0 aromatic heterocycles. The van der Waals surface area contributed by atoms with Gasteiger partial charge in [0, 0.05) is 13.1 Å². The zero-order chi connectivity index (χ0) is 17.6. The smallest absolute Gasteiger partial charge is 0.151 e. The van der Waals surface area contributed by atoms with Crippen LogP contribution in [0.25, 0.3) is 0 Å². The first-order valence-electron chi connectivity index (χ1n) is 10.0. The van der Waals surface area contributed by atoms with Crippen LogP contribution in [-0.2, 0) is 4.74 Å². The third kappa shape index (κ3) is 4.11. The summed E-state index contributed by atoms with van der Waals surface area (Å²) in [6.07, 6.45) is 6.52. The van der Waals surface area contributed by atoms with Crippen molar-refractivity contribution in [2.75, 3.05) is 19.7 Å². The van der Waals surface area contributed by atoms with Crippen molar-refractivity contribution < 1.29 is 9.47 Å². The van der Waals surface area contributed by atoms with Crippen LogP contribution in [0.5, 0.6) is 5.75 Å². The van der Waals surface area contributed by atoms with Crippen molar-refractivity contribution in [1.82, 2.24) is 5.32 Å². The molecule has 2 aromatic rings. The molecule has 0 spiro atoms. The van der Waals surface area contributed by atoms with Gasteiger partial charge in [0.2, 0.25) is 0 Å². The van der Waals surface area contributed by atoms with E-state index in [4.69, 9.17) is 9.47 Å². The SMILES string of the molecule is c1ccc([C@H](Oc2ccccc2C2CCCCC2)C2CNCCO2)cc1. The van der Waals surface area contributed by atoms with Crippen LogP contribution in [0.1, 0.15) is 55.3 Å². The Kier molecular flexibility index (Phi) is 5.88. The van der Waals surface area contributed by atoms with Gasteiger partial charge in [-0.25, -0.2) is 0 Å². The first-order valence-corrected chi connectivity index (χ1v) is 10.0. The van der Waals surface area contributed by atoms with Crippen LogP contribution in [-0.4, -0.2) is 25.8 Å². The van der Waals surface area contributed by atoms with Gasteiger partial charge in [-0.1, -0.05) is 67.8 Å². The highest BCUT2D eigenvalue weighted by Gasteiger charge is 2.29. The minimum absolute atomic E-state index is 0.0329. The Bertz CT molecular complexity index is 676. The lowest BCUT2D eigenvalue weighted by Crippen LogP contribution is -2.43. The van der Waals surface area contributed by atoms with Gasteiger partial charge in [0.15, 0.2) is 6.10 Å². The third-order valence-corrected chi connectivity index (χ3v) is 5.64. The summed E-state index contributed by atoms with van der Waals surface area (Å²) in [4.78, 5) is 0. The van der Waals surface area contributed by atoms with Crippen LogP contribution >= 0.6 is 0 Å². The summed E-state index contributed by atoms with van der Waals surface area (Å²) in [5, 5.41) is 3.44. The molecule has 3 nitrogen and oxygen atoms in total. The largest absolute Gasteiger partial charge is 0.483 e. The molecule has 2 aromatic carbocycles. The van der Waals surface area contributed by atoms with Crippen molar-refractivity contribution in [2.24, 2.45) is 0 Å². The number of benzene rings is 2. The topological polar surface area (TPSA) is 30.5 Å². The van der Waals surface area contributed by atoms with E-state index in [-0.39, 0.29) is 12.2 Å². The quantitative estimate of drug-likeness (QED) is 0.836. The Morgan fingerprint density at radius 2 is 1.69 bits per heavy atom. The summed E-state index contributed by atoms with van der Waals surface area (Å²) in [6.45, 7) is 2.48. The van der Waals surface area contributed by atoms with Gasteiger partial charge in [0.1, 0.15) is 11.9 Å². The first-order chi connectivity index (χ1) is 12.9. The molecule has 1 saturated carbocycles. The van der Waals surface area contributed by atoms with E-state index < -0.39 is 0 Å². The van der Waals surface area contributed by atoms with Crippen molar-refractivity contribution in [1.29, 1.82) is 0 Å². The average molecular weight is 351 g/mol. The van der Waals surface area contributed by atoms with E-state index in [1.165, 1.54) is 43.2 Å². The number of rotatable bonds is 5. The third-order valence-electron chi connectivity index (χ3n) is 5.64. The molecule has 1 aliphatic heterocycles. The minimum atomic E-state index is -0.0891. The summed E-state index contributed by atoms with van der Waals surface area (Å²) >= 11 is 0. The predicted octanol–water partition coefficient (Wildman–Crippen LogP) is 4.84. The molecule has 0 radical (unpaired) electrons. The van der Waals surface area contributed by atoms with Crippen LogP contribution in [0, 0.1) is 0 Å². The van der Waals surface area contributed by atoms with Crippen molar-refractivity contribution in [3.8, 4) is 5.75 Å². The Balaban J connectivity index is 1.61. The molecule has 3 heteroatoms. The minimum Gasteiger partial charge on any atom is -0.483 e. The van der Waals surface area contributed by atoms with E-state index in [2.05, 4.69) is 59.9 Å². The van der Waals surface area contributed by atoms with Gasteiger partial charge in [-0.05, 0) is 36.0 Å². The fourth-order valence-corrected chi connectivity index (χ4v) is 4.26. The molecule has 1 unspecified atom stereocenters. The fourth-order valence-electron chi connectivity index (χ4n) is 4.26. The van der Waals surface area contributed by atoms with Gasteiger partial charge < -0.3 is 14.8 Å². The maximum Gasteiger partial charge on any atom is 0.151 e. The number of hydrogen-bond acceptors (Lipinski definition) is 3. The molecular weight excluding hydrogens is 322 g/mol. The van der Waals surface area contributed by atoms with E-state index in [0.29, 0.717) is 5.92 Å². The van der Waals surface area contributed by atoms with Gasteiger partial charge in [-0.15, -0.1) is 0 Å². The van der Waals surface area contributed by atoms with Crippen LogP contribution in [0.4, 0.5) is 0 Å². The molecule has 2 fully saturated rings. The predicted molar refractivity (Wildman–Crippen MR) is 105 cm³/mol. The lowest BCUT2D eigenvalue weighted by molar-refractivity contribution is -0.0436. The van der Waals surface area contributed by atoms with E-state index in [0.717, 1.165) is 25.4 Å². The number of morpholine rings is 1. The summed E-state index contributed by atoms with van der Waals surface area (Å²) < 4.78 is 12.7. The molecule has 0 bridgehead atoms. The average Bonchev–Trinajstić information content (AvgIpc) is 2.74. The maximum absolute atomic E-state index is 6.66. The Labute approximate surface area is 156 Å². The van der Waals surface area contributed by atoms with Gasteiger partial charge in [-0.2, -0.15) is 0 Å². The highest BCUT2D eigenvalue weighted by Crippen LogP contribution is 2.39. The fraction of sp³-hybridized carbons (Fsp3) is 0.478. The first kappa shape index (κ1) is 17.6. The zero-order valence-electron chi connectivity index (χ0n) is 15.4. The van der Waals surface area contributed by atoms with E-state index >= 15 is 0 Å². The van der Waals surface area contributed by atoms with Gasteiger partial charge in [0.05, 0.1) is 6.61 Å². The molecule has 1 saturated heterocycles.